The molecule has 1 N–H and O–H groups in total. The highest BCUT2D eigenvalue weighted by Gasteiger charge is 2.18. The summed E-state index contributed by atoms with van der Waals surface area (Å²) in [4.78, 5) is 28.8. The number of ether oxygens (including phenoxy) is 1. The third-order valence-corrected chi connectivity index (χ3v) is 5.50. The van der Waals surface area contributed by atoms with Crippen LogP contribution in [0.25, 0.3) is 17.3 Å². The first kappa shape index (κ1) is 17.7. The number of amides is 1. The fourth-order valence-electron chi connectivity index (χ4n) is 2.41. The first-order chi connectivity index (χ1) is 12.2. The van der Waals surface area contributed by atoms with E-state index in [0.717, 1.165) is 26.2 Å². The van der Waals surface area contributed by atoms with Crippen molar-refractivity contribution in [1.82, 2.24) is 10.3 Å². The van der Waals surface area contributed by atoms with Crippen LogP contribution in [0.1, 0.15) is 23.2 Å². The second-order valence-corrected chi connectivity index (χ2v) is 7.47. The van der Waals surface area contributed by atoms with E-state index in [1.54, 1.807) is 18.3 Å². The van der Waals surface area contributed by atoms with E-state index < -0.39 is 0 Å². The Kier molecular flexibility index (Phi) is 5.88. The molecule has 1 aliphatic rings. The summed E-state index contributed by atoms with van der Waals surface area (Å²) in [7, 11) is 0. The molecule has 0 saturated carbocycles. The van der Waals surface area contributed by atoms with Crippen molar-refractivity contribution < 1.29 is 14.3 Å². The lowest BCUT2D eigenvalue weighted by Crippen LogP contribution is -2.13. The summed E-state index contributed by atoms with van der Waals surface area (Å²) in [5, 5.41) is 4.45. The van der Waals surface area contributed by atoms with Crippen molar-refractivity contribution in [1.29, 1.82) is 0 Å². The van der Waals surface area contributed by atoms with Crippen LogP contribution in [0.2, 0.25) is 0 Å². The Labute approximate surface area is 154 Å². The predicted molar refractivity (Wildman–Crippen MR) is 101 cm³/mol. The van der Waals surface area contributed by atoms with Gasteiger partial charge in [0.15, 0.2) is 0 Å². The number of hydrogen-bond acceptors (Lipinski definition) is 6. The van der Waals surface area contributed by atoms with Gasteiger partial charge in [-0.05, 0) is 13.3 Å². The number of benzene rings is 1. The maximum Gasteiger partial charge on any atom is 0.306 e. The number of nitrogens with one attached hydrogen (secondary N) is 1. The zero-order valence-electron chi connectivity index (χ0n) is 13.8. The molecule has 0 atom stereocenters. The van der Waals surface area contributed by atoms with Crippen molar-refractivity contribution in [3.8, 4) is 11.3 Å². The summed E-state index contributed by atoms with van der Waals surface area (Å²) < 4.78 is 5.02. The molecule has 1 aliphatic heterocycles. The lowest BCUT2D eigenvalue weighted by molar-refractivity contribution is -0.143. The molecule has 1 aromatic heterocycles. The molecule has 7 heteroatoms. The van der Waals surface area contributed by atoms with Crippen LogP contribution in [-0.2, 0) is 20.7 Å². The van der Waals surface area contributed by atoms with E-state index >= 15 is 0 Å². The molecule has 5 nitrogen and oxygen atoms in total. The van der Waals surface area contributed by atoms with Gasteiger partial charge in [-0.3, -0.25) is 9.59 Å². The summed E-state index contributed by atoms with van der Waals surface area (Å²) in [6.07, 6.45) is 2.81. The smallest absolute Gasteiger partial charge is 0.306 e. The van der Waals surface area contributed by atoms with Crippen molar-refractivity contribution in [2.45, 2.75) is 19.8 Å². The number of aryl methyl sites for hydroxylation is 1. The monoisotopic (exact) mass is 374 g/mol. The molecule has 0 aliphatic carbocycles. The van der Waals surface area contributed by atoms with Crippen molar-refractivity contribution >= 4 is 41.1 Å². The number of aromatic nitrogens is 1. The normalized spacial score (nSPS) is 15.4. The topological polar surface area (TPSA) is 68.3 Å². The van der Waals surface area contributed by atoms with Gasteiger partial charge < -0.3 is 10.1 Å². The Morgan fingerprint density at radius 1 is 1.36 bits per heavy atom. The molecule has 1 aromatic carbocycles. The third kappa shape index (κ3) is 4.70. The molecule has 0 unspecified atom stereocenters. The van der Waals surface area contributed by atoms with E-state index in [9.17, 15) is 9.59 Å². The maximum atomic E-state index is 11.7. The van der Waals surface area contributed by atoms with E-state index in [0.29, 0.717) is 25.2 Å². The SMILES string of the molecule is CCOC(=O)CCc1sc(/C=C2\NC(=O)CS2)nc1-c1ccccc1. The molecule has 25 heavy (non-hydrogen) atoms. The highest BCUT2D eigenvalue weighted by atomic mass is 32.2. The molecule has 130 valence electrons. The van der Waals surface area contributed by atoms with Gasteiger partial charge in [-0.2, -0.15) is 0 Å². The fraction of sp³-hybridized carbons (Fsp3) is 0.278. The lowest BCUT2D eigenvalue weighted by Gasteiger charge is -2.03. The third-order valence-electron chi connectivity index (χ3n) is 3.50. The average Bonchev–Trinajstić information content (AvgIpc) is 3.20. The minimum atomic E-state index is -0.201. The molecular formula is C18H18N2O3S2. The molecule has 3 rings (SSSR count). The largest absolute Gasteiger partial charge is 0.466 e. The first-order valence-electron chi connectivity index (χ1n) is 8.01. The number of hydrogen-bond donors (Lipinski definition) is 1. The van der Waals surface area contributed by atoms with Gasteiger partial charge in [0.2, 0.25) is 5.91 Å². The zero-order chi connectivity index (χ0) is 17.6. The molecule has 1 fully saturated rings. The van der Waals surface area contributed by atoms with Gasteiger partial charge in [0.05, 0.1) is 29.5 Å². The van der Waals surface area contributed by atoms with Crippen LogP contribution in [0.15, 0.2) is 35.4 Å². The number of esters is 1. The van der Waals surface area contributed by atoms with Gasteiger partial charge in [-0.25, -0.2) is 4.98 Å². The standard InChI is InChI=1S/C18H18N2O3S2/c1-2-23-17(22)9-8-13-18(12-6-4-3-5-7-12)20-16(25-13)10-15-19-14(21)11-24-15/h3-7,10H,2,8-9,11H2,1H3,(H,19,21)/b15-10+. The second-order valence-electron chi connectivity index (χ2n) is 5.34. The van der Waals surface area contributed by atoms with Crippen LogP contribution in [0.3, 0.4) is 0 Å². The Morgan fingerprint density at radius 2 is 2.16 bits per heavy atom. The Bertz CT molecular complexity index is 800. The Balaban J connectivity index is 1.86. The minimum Gasteiger partial charge on any atom is -0.466 e. The number of thiazole rings is 1. The van der Waals surface area contributed by atoms with Crippen molar-refractivity contribution in [3.63, 3.8) is 0 Å². The van der Waals surface area contributed by atoms with Gasteiger partial charge >= 0.3 is 5.97 Å². The van der Waals surface area contributed by atoms with Crippen LogP contribution >= 0.6 is 23.1 Å². The second kappa shape index (κ2) is 8.31. The van der Waals surface area contributed by atoms with Gasteiger partial charge in [0, 0.05) is 16.5 Å². The van der Waals surface area contributed by atoms with E-state index in [-0.39, 0.29) is 11.9 Å². The van der Waals surface area contributed by atoms with Crippen LogP contribution in [0, 0.1) is 0 Å². The predicted octanol–water partition coefficient (Wildman–Crippen LogP) is 3.47. The quantitative estimate of drug-likeness (QED) is 0.784. The number of nitrogens with zero attached hydrogens (tertiary/aromatic N) is 1. The van der Waals surface area contributed by atoms with Crippen molar-refractivity contribution in [3.05, 3.63) is 45.2 Å². The van der Waals surface area contributed by atoms with Gasteiger partial charge in [-0.15, -0.1) is 11.3 Å². The van der Waals surface area contributed by atoms with E-state index in [4.69, 9.17) is 9.72 Å². The molecule has 1 saturated heterocycles. The number of rotatable bonds is 6. The van der Waals surface area contributed by atoms with E-state index in [2.05, 4.69) is 5.32 Å². The molecule has 1 amide bonds. The van der Waals surface area contributed by atoms with E-state index in [1.165, 1.54) is 11.8 Å². The number of thioether (sulfide) groups is 1. The highest BCUT2D eigenvalue weighted by molar-refractivity contribution is 8.04. The first-order valence-corrected chi connectivity index (χ1v) is 9.81. The van der Waals surface area contributed by atoms with Crippen molar-refractivity contribution in [2.75, 3.05) is 12.4 Å². The summed E-state index contributed by atoms with van der Waals surface area (Å²) in [6, 6.07) is 9.91. The van der Waals surface area contributed by atoms with Gasteiger partial charge in [0.25, 0.3) is 0 Å². The highest BCUT2D eigenvalue weighted by Crippen LogP contribution is 2.32. The summed E-state index contributed by atoms with van der Waals surface area (Å²) in [5.74, 6) is 0.255. The molecule has 0 bridgehead atoms. The molecule has 0 spiro atoms. The van der Waals surface area contributed by atoms with Gasteiger partial charge in [0.1, 0.15) is 5.01 Å². The number of carbonyl (C=O) groups is 2. The molecule has 0 radical (unpaired) electrons. The molecule has 2 heterocycles. The van der Waals surface area contributed by atoms with Gasteiger partial charge in [-0.1, -0.05) is 42.1 Å². The molecule has 2 aromatic rings. The maximum absolute atomic E-state index is 11.7. The van der Waals surface area contributed by atoms with Crippen LogP contribution in [-0.4, -0.2) is 29.2 Å². The van der Waals surface area contributed by atoms with Crippen LogP contribution < -0.4 is 5.32 Å². The lowest BCUT2D eigenvalue weighted by atomic mass is 10.1. The summed E-state index contributed by atoms with van der Waals surface area (Å²) in [6.45, 7) is 2.19. The zero-order valence-corrected chi connectivity index (χ0v) is 15.4. The minimum absolute atomic E-state index is 0.0126. The summed E-state index contributed by atoms with van der Waals surface area (Å²) in [5.41, 5.74) is 1.90. The van der Waals surface area contributed by atoms with Crippen LogP contribution in [0.5, 0.6) is 0 Å². The van der Waals surface area contributed by atoms with Crippen LogP contribution in [0.4, 0.5) is 0 Å². The van der Waals surface area contributed by atoms with E-state index in [1.807, 2.05) is 36.4 Å². The van der Waals surface area contributed by atoms with Crippen molar-refractivity contribution in [2.24, 2.45) is 0 Å². The average molecular weight is 374 g/mol. The Hall–Kier alpha value is -2.12. The fourth-order valence-corrected chi connectivity index (χ4v) is 4.26. The number of carbonyl (C=O) groups excluding carboxylic acids is 2. The summed E-state index contributed by atoms with van der Waals surface area (Å²) >= 11 is 3.02. The Morgan fingerprint density at radius 3 is 2.84 bits per heavy atom. The molecular weight excluding hydrogens is 356 g/mol.